The summed E-state index contributed by atoms with van der Waals surface area (Å²) >= 11 is 0. The third-order valence-electron chi connectivity index (χ3n) is 3.10. The molecule has 0 bridgehead atoms. The van der Waals surface area contributed by atoms with E-state index in [1.165, 1.54) is 11.6 Å². The van der Waals surface area contributed by atoms with Crippen molar-refractivity contribution in [2.75, 3.05) is 0 Å². The smallest absolute Gasteiger partial charge is 0.354 e. The first-order valence-electron chi connectivity index (χ1n) is 6.47. The predicted octanol–water partition coefficient (Wildman–Crippen LogP) is 3.45. The molecular weight excluding hydrogens is 252 g/mol. The van der Waals surface area contributed by atoms with Gasteiger partial charge in [0.1, 0.15) is 5.82 Å². The van der Waals surface area contributed by atoms with E-state index in [9.17, 15) is 4.79 Å². The van der Waals surface area contributed by atoms with Crippen LogP contribution in [0.5, 0.6) is 0 Å². The van der Waals surface area contributed by atoms with Crippen LogP contribution in [0.15, 0.2) is 30.3 Å². The highest BCUT2D eigenvalue weighted by molar-refractivity contribution is 5.86. The molecule has 0 radical (unpaired) electrons. The van der Waals surface area contributed by atoms with E-state index in [0.717, 1.165) is 5.56 Å². The molecule has 2 rings (SSSR count). The van der Waals surface area contributed by atoms with Crippen molar-refractivity contribution < 1.29 is 9.90 Å². The molecule has 2 aromatic rings. The Balaban J connectivity index is 2.44. The standard InChI is InChI=1S/C16H18N2O2/c1-10-17-13(9-14(18-10)15(19)20)11-5-7-12(8-6-11)16(2,3)4/h5-9H,1-4H3,(H,19,20). The van der Waals surface area contributed by atoms with Crippen LogP contribution in [-0.2, 0) is 5.41 Å². The van der Waals surface area contributed by atoms with Crippen molar-refractivity contribution in [2.45, 2.75) is 33.1 Å². The molecule has 0 saturated heterocycles. The average Bonchev–Trinajstić information content (AvgIpc) is 2.37. The van der Waals surface area contributed by atoms with Crippen molar-refractivity contribution in [1.29, 1.82) is 0 Å². The van der Waals surface area contributed by atoms with Gasteiger partial charge in [-0.25, -0.2) is 14.8 Å². The second kappa shape index (κ2) is 5.04. The highest BCUT2D eigenvalue weighted by Gasteiger charge is 2.14. The summed E-state index contributed by atoms with van der Waals surface area (Å²) in [4.78, 5) is 19.2. The van der Waals surface area contributed by atoms with Crippen LogP contribution in [0.3, 0.4) is 0 Å². The lowest BCUT2D eigenvalue weighted by molar-refractivity contribution is 0.0690. The lowest BCUT2D eigenvalue weighted by Gasteiger charge is -2.19. The zero-order valence-electron chi connectivity index (χ0n) is 12.1. The molecule has 4 heteroatoms. The second-order valence-electron chi connectivity index (χ2n) is 5.82. The third kappa shape index (κ3) is 3.02. The maximum Gasteiger partial charge on any atom is 0.354 e. The number of carbonyl (C=O) groups is 1. The normalized spacial score (nSPS) is 11.4. The maximum absolute atomic E-state index is 11.0. The molecule has 0 aliphatic heterocycles. The number of aromatic nitrogens is 2. The van der Waals surface area contributed by atoms with Gasteiger partial charge in [-0.05, 0) is 24.0 Å². The molecule has 1 N–H and O–H groups in total. The molecule has 0 unspecified atom stereocenters. The van der Waals surface area contributed by atoms with Gasteiger partial charge in [0.15, 0.2) is 5.69 Å². The first-order chi connectivity index (χ1) is 9.27. The van der Waals surface area contributed by atoms with Crippen molar-refractivity contribution in [2.24, 2.45) is 0 Å². The highest BCUT2D eigenvalue weighted by atomic mass is 16.4. The molecule has 0 saturated carbocycles. The number of hydrogen-bond donors (Lipinski definition) is 1. The molecule has 104 valence electrons. The fourth-order valence-electron chi connectivity index (χ4n) is 1.97. The van der Waals surface area contributed by atoms with Crippen molar-refractivity contribution in [3.05, 3.63) is 47.4 Å². The van der Waals surface area contributed by atoms with Crippen LogP contribution >= 0.6 is 0 Å². The summed E-state index contributed by atoms with van der Waals surface area (Å²) in [6.45, 7) is 8.15. The van der Waals surface area contributed by atoms with E-state index in [4.69, 9.17) is 5.11 Å². The minimum atomic E-state index is -1.04. The van der Waals surface area contributed by atoms with Gasteiger partial charge in [0.2, 0.25) is 0 Å². The average molecular weight is 270 g/mol. The zero-order valence-corrected chi connectivity index (χ0v) is 12.1. The molecule has 4 nitrogen and oxygen atoms in total. The Hall–Kier alpha value is -2.23. The van der Waals surface area contributed by atoms with E-state index in [1.54, 1.807) is 6.92 Å². The van der Waals surface area contributed by atoms with Crippen molar-refractivity contribution in [1.82, 2.24) is 9.97 Å². The highest BCUT2D eigenvalue weighted by Crippen LogP contribution is 2.25. The molecule has 1 heterocycles. The van der Waals surface area contributed by atoms with Gasteiger partial charge < -0.3 is 5.11 Å². The molecule has 0 amide bonds. The van der Waals surface area contributed by atoms with Crippen LogP contribution in [0.25, 0.3) is 11.3 Å². The summed E-state index contributed by atoms with van der Waals surface area (Å²) in [5.74, 6) is -0.581. The van der Waals surface area contributed by atoms with Crippen molar-refractivity contribution >= 4 is 5.97 Å². The molecular formula is C16H18N2O2. The van der Waals surface area contributed by atoms with Gasteiger partial charge >= 0.3 is 5.97 Å². The molecule has 0 aliphatic rings. The number of nitrogens with zero attached hydrogens (tertiary/aromatic N) is 2. The first kappa shape index (κ1) is 14.2. The van der Waals surface area contributed by atoms with Crippen LogP contribution < -0.4 is 0 Å². The molecule has 1 aromatic heterocycles. The van der Waals surface area contributed by atoms with Crippen molar-refractivity contribution in [3.8, 4) is 11.3 Å². The van der Waals surface area contributed by atoms with Gasteiger partial charge in [0, 0.05) is 5.56 Å². The van der Waals surface area contributed by atoms with Gasteiger partial charge in [-0.1, -0.05) is 45.0 Å². The monoisotopic (exact) mass is 270 g/mol. The quantitative estimate of drug-likeness (QED) is 0.907. The van der Waals surface area contributed by atoms with Crippen LogP contribution in [0.4, 0.5) is 0 Å². The maximum atomic E-state index is 11.0. The Morgan fingerprint density at radius 3 is 2.20 bits per heavy atom. The predicted molar refractivity (Wildman–Crippen MR) is 77.9 cm³/mol. The fraction of sp³-hybridized carbons (Fsp3) is 0.312. The number of rotatable bonds is 2. The summed E-state index contributed by atoms with van der Waals surface area (Å²) in [5.41, 5.74) is 2.87. The van der Waals surface area contributed by atoms with E-state index >= 15 is 0 Å². The van der Waals surface area contributed by atoms with Crippen LogP contribution in [0, 0.1) is 6.92 Å². The summed E-state index contributed by atoms with van der Waals surface area (Å²) in [5, 5.41) is 9.04. The number of carboxylic acids is 1. The summed E-state index contributed by atoms with van der Waals surface area (Å²) in [7, 11) is 0. The van der Waals surface area contributed by atoms with E-state index in [0.29, 0.717) is 11.5 Å². The van der Waals surface area contributed by atoms with Gasteiger partial charge in [-0.2, -0.15) is 0 Å². The molecule has 0 aliphatic carbocycles. The molecule has 0 spiro atoms. The number of carboxylic acid groups (broad SMARTS) is 1. The van der Waals surface area contributed by atoms with Crippen LogP contribution in [0.2, 0.25) is 0 Å². The lowest BCUT2D eigenvalue weighted by atomic mass is 9.86. The Morgan fingerprint density at radius 2 is 1.70 bits per heavy atom. The SMILES string of the molecule is Cc1nc(C(=O)O)cc(-c2ccc(C(C)(C)C)cc2)n1. The largest absolute Gasteiger partial charge is 0.477 e. The first-order valence-corrected chi connectivity index (χ1v) is 6.47. The molecule has 0 fully saturated rings. The van der Waals surface area contributed by atoms with E-state index in [1.807, 2.05) is 24.3 Å². The van der Waals surface area contributed by atoms with Gasteiger partial charge in [-0.3, -0.25) is 0 Å². The third-order valence-corrected chi connectivity index (χ3v) is 3.10. The number of benzene rings is 1. The molecule has 0 atom stereocenters. The number of aromatic carboxylic acids is 1. The molecule has 20 heavy (non-hydrogen) atoms. The second-order valence-corrected chi connectivity index (χ2v) is 5.82. The Kier molecular flexibility index (Phi) is 3.57. The van der Waals surface area contributed by atoms with Gasteiger partial charge in [0.25, 0.3) is 0 Å². The van der Waals surface area contributed by atoms with Crippen LogP contribution in [-0.4, -0.2) is 21.0 Å². The number of aryl methyl sites for hydroxylation is 1. The van der Waals surface area contributed by atoms with E-state index in [2.05, 4.69) is 30.7 Å². The van der Waals surface area contributed by atoms with E-state index < -0.39 is 5.97 Å². The summed E-state index contributed by atoms with van der Waals surface area (Å²) in [6, 6.07) is 9.53. The molecule has 1 aromatic carbocycles. The zero-order chi connectivity index (χ0) is 14.9. The topological polar surface area (TPSA) is 63.1 Å². The van der Waals surface area contributed by atoms with E-state index in [-0.39, 0.29) is 11.1 Å². The Labute approximate surface area is 118 Å². The van der Waals surface area contributed by atoms with Gasteiger partial charge in [-0.15, -0.1) is 0 Å². The van der Waals surface area contributed by atoms with Gasteiger partial charge in [0.05, 0.1) is 5.69 Å². The minimum absolute atomic E-state index is 0.0207. The number of hydrogen-bond acceptors (Lipinski definition) is 3. The van der Waals surface area contributed by atoms with Crippen molar-refractivity contribution in [3.63, 3.8) is 0 Å². The lowest BCUT2D eigenvalue weighted by Crippen LogP contribution is -2.10. The Morgan fingerprint density at radius 1 is 1.10 bits per heavy atom. The van der Waals surface area contributed by atoms with Crippen LogP contribution in [0.1, 0.15) is 42.6 Å². The summed E-state index contributed by atoms with van der Waals surface area (Å²) in [6.07, 6.45) is 0. The fourth-order valence-corrected chi connectivity index (χ4v) is 1.97. The Bertz CT molecular complexity index is 641. The minimum Gasteiger partial charge on any atom is -0.477 e. The summed E-state index contributed by atoms with van der Waals surface area (Å²) < 4.78 is 0.